The van der Waals surface area contributed by atoms with Crippen LogP contribution in [0.15, 0.2) is 24.3 Å². The van der Waals surface area contributed by atoms with Crippen LogP contribution in [-0.4, -0.2) is 0 Å². The van der Waals surface area contributed by atoms with Crippen molar-refractivity contribution in [2.75, 3.05) is 0 Å². The van der Waals surface area contributed by atoms with Crippen molar-refractivity contribution in [1.82, 2.24) is 0 Å². The molecule has 0 unspecified atom stereocenters. The zero-order chi connectivity index (χ0) is 23.5. The van der Waals surface area contributed by atoms with Gasteiger partial charge in [-0.2, -0.15) is 0 Å². The molecular formula is C33H50. The van der Waals surface area contributed by atoms with E-state index in [4.69, 9.17) is 0 Å². The smallest absolute Gasteiger partial charge is 0.00105 e. The lowest BCUT2D eigenvalue weighted by Gasteiger charge is -2.25. The van der Waals surface area contributed by atoms with E-state index in [0.29, 0.717) is 0 Å². The van der Waals surface area contributed by atoms with E-state index in [0.717, 1.165) is 0 Å². The SMILES string of the molecule is CCCCCCCCc1c(CCCC)c(CCCC)c(CCCC)c2c1Cc1ccccc1-2. The molecule has 0 saturated heterocycles. The van der Waals surface area contributed by atoms with E-state index in [9.17, 15) is 0 Å². The Morgan fingerprint density at radius 1 is 0.515 bits per heavy atom. The van der Waals surface area contributed by atoms with Gasteiger partial charge in [-0.25, -0.2) is 0 Å². The fourth-order valence-electron chi connectivity index (χ4n) is 5.98. The van der Waals surface area contributed by atoms with Gasteiger partial charge in [-0.15, -0.1) is 0 Å². The highest BCUT2D eigenvalue weighted by molar-refractivity contribution is 5.83. The molecule has 0 amide bonds. The van der Waals surface area contributed by atoms with Gasteiger partial charge in [0.1, 0.15) is 0 Å². The van der Waals surface area contributed by atoms with Crippen LogP contribution in [0.2, 0.25) is 0 Å². The average molecular weight is 447 g/mol. The summed E-state index contributed by atoms with van der Waals surface area (Å²) in [5, 5.41) is 0. The third kappa shape index (κ3) is 6.52. The van der Waals surface area contributed by atoms with E-state index in [2.05, 4.69) is 52.0 Å². The molecule has 2 aromatic carbocycles. The average Bonchev–Trinajstić information content (AvgIpc) is 3.22. The maximum Gasteiger partial charge on any atom is -0.00105 e. The Bertz CT molecular complexity index is 857. The van der Waals surface area contributed by atoms with E-state index in [1.165, 1.54) is 109 Å². The number of hydrogen-bond donors (Lipinski definition) is 0. The quantitative estimate of drug-likeness (QED) is 0.192. The molecular weight excluding hydrogens is 396 g/mol. The van der Waals surface area contributed by atoms with E-state index in [1.807, 2.05) is 0 Å². The first kappa shape index (κ1) is 26.1. The molecule has 0 N–H and O–H groups in total. The number of hydrogen-bond acceptors (Lipinski definition) is 0. The molecule has 3 rings (SSSR count). The van der Waals surface area contributed by atoms with Crippen molar-refractivity contribution in [3.8, 4) is 11.1 Å². The highest BCUT2D eigenvalue weighted by atomic mass is 14.3. The molecule has 0 saturated carbocycles. The lowest BCUT2D eigenvalue weighted by atomic mass is 9.80. The molecule has 0 heterocycles. The molecule has 33 heavy (non-hydrogen) atoms. The van der Waals surface area contributed by atoms with Gasteiger partial charge in [-0.3, -0.25) is 0 Å². The van der Waals surface area contributed by atoms with Gasteiger partial charge >= 0.3 is 0 Å². The predicted molar refractivity (Wildman–Crippen MR) is 148 cm³/mol. The van der Waals surface area contributed by atoms with Crippen LogP contribution in [0.25, 0.3) is 11.1 Å². The molecule has 0 heteroatoms. The summed E-state index contributed by atoms with van der Waals surface area (Å²) in [4.78, 5) is 0. The van der Waals surface area contributed by atoms with Crippen LogP contribution in [0, 0.1) is 0 Å². The minimum atomic E-state index is 1.17. The summed E-state index contributed by atoms with van der Waals surface area (Å²) in [5.41, 5.74) is 13.6. The van der Waals surface area contributed by atoms with Crippen LogP contribution in [0.3, 0.4) is 0 Å². The van der Waals surface area contributed by atoms with Gasteiger partial charge in [0, 0.05) is 0 Å². The Hall–Kier alpha value is -1.56. The second-order valence-electron chi connectivity index (χ2n) is 10.4. The van der Waals surface area contributed by atoms with Crippen molar-refractivity contribution in [3.05, 3.63) is 57.6 Å². The summed E-state index contributed by atoms with van der Waals surface area (Å²) >= 11 is 0. The second-order valence-corrected chi connectivity index (χ2v) is 10.4. The van der Waals surface area contributed by atoms with E-state index in [1.54, 1.807) is 44.5 Å². The second kappa shape index (κ2) is 14.0. The van der Waals surface area contributed by atoms with E-state index < -0.39 is 0 Å². The van der Waals surface area contributed by atoms with Gasteiger partial charge in [-0.05, 0) is 102 Å². The molecule has 0 aliphatic heterocycles. The first-order valence-corrected chi connectivity index (χ1v) is 14.5. The third-order valence-corrected chi connectivity index (χ3v) is 7.84. The largest absolute Gasteiger partial charge is 0.0654 e. The number of fused-ring (bicyclic) bond motifs is 3. The summed E-state index contributed by atoms with van der Waals surface area (Å²) in [6.45, 7) is 9.39. The zero-order valence-corrected chi connectivity index (χ0v) is 22.3. The minimum absolute atomic E-state index is 1.17. The third-order valence-electron chi connectivity index (χ3n) is 7.84. The summed E-state index contributed by atoms with van der Waals surface area (Å²) in [7, 11) is 0. The Morgan fingerprint density at radius 2 is 1.03 bits per heavy atom. The van der Waals surface area contributed by atoms with Crippen molar-refractivity contribution in [3.63, 3.8) is 0 Å². The van der Waals surface area contributed by atoms with Gasteiger partial charge in [0.2, 0.25) is 0 Å². The van der Waals surface area contributed by atoms with Crippen molar-refractivity contribution in [2.45, 2.75) is 137 Å². The summed E-state index contributed by atoms with van der Waals surface area (Å²) in [6.07, 6.45) is 22.5. The predicted octanol–water partition coefficient (Wildman–Crippen LogP) is 10.2. The molecule has 0 radical (unpaired) electrons. The molecule has 0 nitrogen and oxygen atoms in total. The van der Waals surface area contributed by atoms with Crippen molar-refractivity contribution < 1.29 is 0 Å². The lowest BCUT2D eigenvalue weighted by molar-refractivity contribution is 0.604. The lowest BCUT2D eigenvalue weighted by Crippen LogP contribution is -2.11. The molecule has 0 atom stereocenters. The number of rotatable bonds is 16. The maximum atomic E-state index is 2.42. The highest BCUT2D eigenvalue weighted by Crippen LogP contribution is 2.45. The molecule has 182 valence electrons. The van der Waals surface area contributed by atoms with Crippen LogP contribution >= 0.6 is 0 Å². The van der Waals surface area contributed by atoms with Gasteiger partial charge in [0.15, 0.2) is 0 Å². The van der Waals surface area contributed by atoms with E-state index in [-0.39, 0.29) is 0 Å². The van der Waals surface area contributed by atoms with Crippen LogP contribution in [0.4, 0.5) is 0 Å². The number of benzene rings is 2. The normalized spacial score (nSPS) is 12.2. The fraction of sp³-hybridized carbons (Fsp3) is 0.636. The molecule has 0 bridgehead atoms. The van der Waals surface area contributed by atoms with Crippen LogP contribution in [0.5, 0.6) is 0 Å². The molecule has 0 fully saturated rings. The molecule has 1 aliphatic rings. The maximum absolute atomic E-state index is 2.42. The zero-order valence-electron chi connectivity index (χ0n) is 22.3. The van der Waals surface area contributed by atoms with Gasteiger partial charge in [0.05, 0.1) is 0 Å². The minimum Gasteiger partial charge on any atom is -0.0654 e. The Morgan fingerprint density at radius 3 is 1.70 bits per heavy atom. The van der Waals surface area contributed by atoms with Crippen LogP contribution < -0.4 is 0 Å². The van der Waals surface area contributed by atoms with Crippen LogP contribution in [-0.2, 0) is 32.1 Å². The first-order valence-electron chi connectivity index (χ1n) is 14.5. The van der Waals surface area contributed by atoms with Crippen molar-refractivity contribution >= 4 is 0 Å². The van der Waals surface area contributed by atoms with Gasteiger partial charge < -0.3 is 0 Å². The Balaban J connectivity index is 2.07. The van der Waals surface area contributed by atoms with Crippen molar-refractivity contribution in [1.29, 1.82) is 0 Å². The molecule has 2 aromatic rings. The Kier molecular flexibility index (Phi) is 11.0. The monoisotopic (exact) mass is 446 g/mol. The summed E-state index contributed by atoms with van der Waals surface area (Å²) < 4.78 is 0. The number of unbranched alkanes of at least 4 members (excludes halogenated alkanes) is 8. The first-order chi connectivity index (χ1) is 16.3. The van der Waals surface area contributed by atoms with Crippen molar-refractivity contribution in [2.24, 2.45) is 0 Å². The summed E-state index contributed by atoms with van der Waals surface area (Å²) in [5.74, 6) is 0. The summed E-state index contributed by atoms with van der Waals surface area (Å²) in [6, 6.07) is 9.33. The fourth-order valence-corrected chi connectivity index (χ4v) is 5.98. The topological polar surface area (TPSA) is 0 Å². The van der Waals surface area contributed by atoms with Crippen LogP contribution in [0.1, 0.15) is 138 Å². The molecule has 1 aliphatic carbocycles. The molecule has 0 aromatic heterocycles. The Labute approximate surface area is 205 Å². The van der Waals surface area contributed by atoms with Gasteiger partial charge in [0.25, 0.3) is 0 Å². The highest BCUT2D eigenvalue weighted by Gasteiger charge is 2.28. The van der Waals surface area contributed by atoms with E-state index >= 15 is 0 Å². The van der Waals surface area contributed by atoms with Gasteiger partial charge in [-0.1, -0.05) is 103 Å². The standard InChI is InChI=1S/C33H50/c1-5-9-13-14-15-16-24-30-28(20-10-6-2)29(21-11-7-3)31(22-12-8-4)33-27-23-18-17-19-26(27)25-32(30)33/h17-19,23H,5-16,20-22,24-25H2,1-4H3. The molecule has 0 spiro atoms.